The van der Waals surface area contributed by atoms with Crippen LogP contribution in [0.1, 0.15) is 40.0 Å². The number of rotatable bonds is 4. The smallest absolute Gasteiger partial charge is 0.506 e. The van der Waals surface area contributed by atoms with Crippen LogP contribution in [0.25, 0.3) is 18.0 Å². The van der Waals surface area contributed by atoms with Gasteiger partial charge in [-0.1, -0.05) is 12.1 Å². The fraction of sp³-hybridized carbons (Fsp3) is 0.200. The van der Waals surface area contributed by atoms with E-state index < -0.39 is 29.4 Å². The van der Waals surface area contributed by atoms with Crippen molar-refractivity contribution in [1.82, 2.24) is 24.5 Å². The maximum absolute atomic E-state index is 13.2. The minimum atomic E-state index is -1.35. The van der Waals surface area contributed by atoms with Gasteiger partial charge in [-0.15, -0.1) is 0 Å². The Kier molecular flexibility index (Phi) is 5.33. The number of nitrogens with zero attached hydrogens (tertiary/aromatic N) is 5. The van der Waals surface area contributed by atoms with Crippen molar-refractivity contribution in [2.45, 2.75) is 18.9 Å². The van der Waals surface area contributed by atoms with E-state index in [0.717, 1.165) is 0 Å². The van der Waals surface area contributed by atoms with Crippen molar-refractivity contribution in [3.63, 3.8) is 0 Å². The molecule has 192 valence electrons. The average molecular weight is 516 g/mol. The van der Waals surface area contributed by atoms with Crippen LogP contribution >= 0.6 is 0 Å². The van der Waals surface area contributed by atoms with Crippen LogP contribution in [0.15, 0.2) is 50.7 Å². The van der Waals surface area contributed by atoms with Gasteiger partial charge in [-0.2, -0.15) is 4.98 Å². The fourth-order valence-corrected chi connectivity index (χ4v) is 4.69. The number of oxazole rings is 1. The number of aryl methyl sites for hydroxylation is 1. The molecule has 13 heteroatoms. The van der Waals surface area contributed by atoms with E-state index in [0.29, 0.717) is 28.5 Å². The van der Waals surface area contributed by atoms with Gasteiger partial charge in [-0.25, -0.2) is 19.6 Å². The third kappa shape index (κ3) is 3.99. The average Bonchev–Trinajstić information content (AvgIpc) is 3.15. The highest BCUT2D eigenvalue weighted by Crippen LogP contribution is 2.39. The number of hydrogen-bond acceptors (Lipinski definition) is 10. The first-order valence-corrected chi connectivity index (χ1v) is 11.6. The van der Waals surface area contributed by atoms with Crippen molar-refractivity contribution in [3.8, 4) is 11.6 Å². The van der Waals surface area contributed by atoms with Crippen molar-refractivity contribution in [3.05, 3.63) is 91.5 Å². The first kappa shape index (κ1) is 23.2. The van der Waals surface area contributed by atoms with Crippen molar-refractivity contribution in [2.75, 3.05) is 18.0 Å². The first-order valence-electron chi connectivity index (χ1n) is 11.6. The summed E-state index contributed by atoms with van der Waals surface area (Å²) in [5.41, 5.74) is 0.761. The minimum Gasteiger partial charge on any atom is -0.508 e. The van der Waals surface area contributed by atoms with Crippen molar-refractivity contribution in [1.29, 1.82) is 0 Å². The predicted molar refractivity (Wildman–Crippen MR) is 133 cm³/mol. The minimum absolute atomic E-state index is 0.0594. The Labute approximate surface area is 213 Å². The lowest BCUT2D eigenvalue weighted by Crippen LogP contribution is -2.53. The molecule has 0 amide bonds. The third-order valence-corrected chi connectivity index (χ3v) is 6.41. The summed E-state index contributed by atoms with van der Waals surface area (Å²) in [6.45, 7) is 2.25. The zero-order valence-electron chi connectivity index (χ0n) is 19.9. The van der Waals surface area contributed by atoms with E-state index in [1.54, 1.807) is 36.1 Å². The van der Waals surface area contributed by atoms with Crippen LogP contribution in [0.3, 0.4) is 0 Å². The van der Waals surface area contributed by atoms with Gasteiger partial charge >= 0.3 is 11.8 Å². The second-order valence-corrected chi connectivity index (χ2v) is 8.90. The van der Waals surface area contributed by atoms with Gasteiger partial charge in [-0.05, 0) is 29.3 Å². The van der Waals surface area contributed by atoms with Gasteiger partial charge in [0.15, 0.2) is 11.7 Å². The Hall–Kier alpha value is -5.20. The van der Waals surface area contributed by atoms with Gasteiger partial charge < -0.3 is 24.3 Å². The van der Waals surface area contributed by atoms with Crippen LogP contribution in [0.2, 0.25) is 0 Å². The number of aromatic amines is 1. The quantitative estimate of drug-likeness (QED) is 0.297. The zero-order chi connectivity index (χ0) is 26.6. The lowest BCUT2D eigenvalue weighted by Gasteiger charge is -2.37. The molecule has 0 bridgehead atoms. The molecule has 1 aromatic carbocycles. The number of phenols is 1. The summed E-state index contributed by atoms with van der Waals surface area (Å²) in [6.07, 6.45) is 4.53. The molecule has 2 aliphatic rings. The molecule has 1 aliphatic heterocycles. The molecule has 1 unspecified atom stereocenters. The molecule has 1 atom stereocenters. The lowest BCUT2D eigenvalue weighted by atomic mass is 9.87. The summed E-state index contributed by atoms with van der Waals surface area (Å²) >= 11 is 0. The fourth-order valence-electron chi connectivity index (χ4n) is 4.69. The number of benzene rings is 1. The van der Waals surface area contributed by atoms with E-state index >= 15 is 0 Å². The van der Waals surface area contributed by atoms with Crippen molar-refractivity contribution in [2.24, 2.45) is 0 Å². The molecule has 1 aliphatic carbocycles. The first-order chi connectivity index (χ1) is 18.3. The molecular formula is C25H20N6O7. The number of ether oxygens (including phenoxy) is 1. The van der Waals surface area contributed by atoms with Crippen LogP contribution in [-0.2, 0) is 4.74 Å². The number of hydrogen-bond donors (Lipinski definition) is 3. The number of phenolic OH excluding ortho intramolecular Hbond substituents is 1. The Morgan fingerprint density at radius 1 is 1.16 bits per heavy atom. The third-order valence-electron chi connectivity index (χ3n) is 6.41. The van der Waals surface area contributed by atoms with Gasteiger partial charge in [0.25, 0.3) is 5.56 Å². The van der Waals surface area contributed by atoms with E-state index in [1.807, 2.05) is 0 Å². The van der Waals surface area contributed by atoms with Gasteiger partial charge in [0.05, 0.1) is 24.7 Å². The Morgan fingerprint density at radius 2 is 1.97 bits per heavy atom. The molecule has 4 heterocycles. The largest absolute Gasteiger partial charge is 0.508 e. The number of nitrogens with one attached hydrogen (secondary N) is 1. The summed E-state index contributed by atoms with van der Waals surface area (Å²) in [5, 5.41) is 18.8. The topological polar surface area (TPSA) is 177 Å². The van der Waals surface area contributed by atoms with E-state index in [2.05, 4.69) is 19.9 Å². The highest BCUT2D eigenvalue weighted by Gasteiger charge is 2.33. The van der Waals surface area contributed by atoms with E-state index in [9.17, 15) is 19.5 Å². The van der Waals surface area contributed by atoms with Crippen LogP contribution in [0, 0.1) is 6.92 Å². The predicted octanol–water partition coefficient (Wildman–Crippen LogP) is 1.87. The molecule has 0 spiro atoms. The van der Waals surface area contributed by atoms with E-state index in [1.165, 1.54) is 29.1 Å². The molecule has 6 rings (SSSR count). The second-order valence-electron chi connectivity index (χ2n) is 8.90. The summed E-state index contributed by atoms with van der Waals surface area (Å²) in [7, 11) is 0. The summed E-state index contributed by atoms with van der Waals surface area (Å²) < 4.78 is 11.7. The zero-order valence-corrected chi connectivity index (χ0v) is 19.9. The van der Waals surface area contributed by atoms with Gasteiger partial charge in [0, 0.05) is 30.9 Å². The summed E-state index contributed by atoms with van der Waals surface area (Å²) in [5.74, 6) is 0.700. The number of anilines is 1. The Balaban J connectivity index is 1.44. The van der Waals surface area contributed by atoms with Gasteiger partial charge in [0.1, 0.15) is 17.7 Å². The SMILES string of the molecule is Cc1nc2c(o1)C=Cc1cc(O)ccc1C2c1cn(-c2ccnc(N3CC(OC(=O)O)C3)n2)c(=O)[nH]c1=O. The normalized spacial score (nSPS) is 16.3. The van der Waals surface area contributed by atoms with Crippen LogP contribution in [-0.4, -0.2) is 60.1 Å². The monoisotopic (exact) mass is 516 g/mol. The molecular weight excluding hydrogens is 496 g/mol. The highest BCUT2D eigenvalue weighted by atomic mass is 16.7. The van der Waals surface area contributed by atoms with Crippen LogP contribution in [0.4, 0.5) is 10.7 Å². The Morgan fingerprint density at radius 3 is 2.76 bits per heavy atom. The van der Waals surface area contributed by atoms with Crippen molar-refractivity contribution >= 4 is 24.3 Å². The maximum atomic E-state index is 13.2. The molecule has 38 heavy (non-hydrogen) atoms. The van der Waals surface area contributed by atoms with Crippen LogP contribution in [0.5, 0.6) is 5.75 Å². The summed E-state index contributed by atoms with van der Waals surface area (Å²) in [6, 6.07) is 6.32. The molecule has 1 fully saturated rings. The Bertz CT molecular complexity index is 1730. The number of carboxylic acid groups (broad SMARTS) is 1. The number of H-pyrrole nitrogens is 1. The molecule has 4 aromatic rings. The van der Waals surface area contributed by atoms with E-state index in [4.69, 9.17) is 14.3 Å². The maximum Gasteiger partial charge on any atom is 0.506 e. The molecule has 1 saturated heterocycles. The van der Waals surface area contributed by atoms with Crippen molar-refractivity contribution < 1.29 is 24.2 Å². The molecule has 0 saturated carbocycles. The number of fused-ring (bicyclic) bond motifs is 2. The van der Waals surface area contributed by atoms with Gasteiger partial charge in [0.2, 0.25) is 5.95 Å². The molecule has 3 aromatic heterocycles. The summed E-state index contributed by atoms with van der Waals surface area (Å²) in [4.78, 5) is 54.1. The number of aromatic nitrogens is 5. The standard InChI is InChI=1S/C25H20N6O7/c1-12-27-21-18(37-12)5-2-13-8-14(32)3-4-16(13)20(21)17-11-31(24(34)29-22(17)33)19-6-7-26-23(28-19)30-9-15(10-30)38-25(35)36/h2-8,11,15,20,32H,9-10H2,1H3,(H,35,36)(H,29,33,34). The lowest BCUT2D eigenvalue weighted by molar-refractivity contribution is 0.0393. The highest BCUT2D eigenvalue weighted by molar-refractivity contribution is 5.75. The number of carbonyl (C=O) groups is 1. The van der Waals surface area contributed by atoms with Gasteiger partial charge in [-0.3, -0.25) is 14.3 Å². The molecule has 13 nitrogen and oxygen atoms in total. The molecule has 3 N–H and O–H groups in total. The second kappa shape index (κ2) is 8.73. The molecule has 0 radical (unpaired) electrons. The van der Waals surface area contributed by atoms with E-state index in [-0.39, 0.29) is 36.2 Å². The number of aromatic hydroxyl groups is 1. The van der Waals surface area contributed by atoms with Crippen LogP contribution < -0.4 is 16.1 Å².